The van der Waals surface area contributed by atoms with Crippen molar-refractivity contribution in [1.82, 2.24) is 0 Å². The third-order valence-electron chi connectivity index (χ3n) is 4.40. The zero-order valence-electron chi connectivity index (χ0n) is 11.4. The number of benzene rings is 1. The highest BCUT2D eigenvalue weighted by atomic mass is 32.2. The van der Waals surface area contributed by atoms with Gasteiger partial charge in [-0.15, -0.1) is 0 Å². The summed E-state index contributed by atoms with van der Waals surface area (Å²) in [6.45, 7) is 2.75. The normalized spacial score (nSPS) is 26.9. The standard InChI is InChI=1S/C15H21NO2S/c1-11-3-4-13(16)14(9-11)19(17)12-5-8-18-15(10-12)6-2-7-15/h3-4,9,12H,2,5-8,10,16H2,1H3. The number of anilines is 1. The lowest BCUT2D eigenvalue weighted by atomic mass is 9.75. The molecule has 1 spiro atoms. The van der Waals surface area contributed by atoms with E-state index in [1.54, 1.807) is 0 Å². The van der Waals surface area contributed by atoms with Crippen LogP contribution in [-0.4, -0.2) is 21.7 Å². The number of hydrogen-bond donors (Lipinski definition) is 1. The van der Waals surface area contributed by atoms with Gasteiger partial charge in [-0.25, -0.2) is 0 Å². The van der Waals surface area contributed by atoms with E-state index in [0.29, 0.717) is 5.69 Å². The fourth-order valence-corrected chi connectivity index (χ4v) is 4.81. The van der Waals surface area contributed by atoms with Crippen LogP contribution >= 0.6 is 0 Å². The van der Waals surface area contributed by atoms with Gasteiger partial charge in [-0.2, -0.15) is 0 Å². The Kier molecular flexibility index (Phi) is 3.39. The van der Waals surface area contributed by atoms with E-state index in [0.717, 1.165) is 42.7 Å². The van der Waals surface area contributed by atoms with Crippen LogP contribution in [-0.2, 0) is 15.5 Å². The van der Waals surface area contributed by atoms with Crippen molar-refractivity contribution in [3.8, 4) is 0 Å². The third-order valence-corrected chi connectivity index (χ3v) is 6.20. The molecule has 19 heavy (non-hydrogen) atoms. The Morgan fingerprint density at radius 3 is 2.89 bits per heavy atom. The molecule has 2 N–H and O–H groups in total. The van der Waals surface area contributed by atoms with Crippen LogP contribution in [0.2, 0.25) is 0 Å². The van der Waals surface area contributed by atoms with E-state index in [4.69, 9.17) is 10.5 Å². The number of nitrogens with two attached hydrogens (primary N) is 1. The molecule has 1 heterocycles. The first-order valence-electron chi connectivity index (χ1n) is 7.00. The van der Waals surface area contributed by atoms with Gasteiger partial charge in [0.05, 0.1) is 21.3 Å². The Bertz CT molecular complexity index is 511. The van der Waals surface area contributed by atoms with Gasteiger partial charge in [-0.3, -0.25) is 4.21 Å². The Hall–Kier alpha value is -0.870. The Balaban J connectivity index is 1.81. The first kappa shape index (κ1) is 13.1. The molecular weight excluding hydrogens is 258 g/mol. The monoisotopic (exact) mass is 279 g/mol. The van der Waals surface area contributed by atoms with E-state index >= 15 is 0 Å². The number of hydrogen-bond acceptors (Lipinski definition) is 3. The van der Waals surface area contributed by atoms with E-state index in [1.165, 1.54) is 6.42 Å². The predicted octanol–water partition coefficient (Wildman–Crippen LogP) is 2.79. The molecule has 0 amide bonds. The molecule has 1 aliphatic heterocycles. The zero-order valence-corrected chi connectivity index (χ0v) is 12.2. The molecule has 4 heteroatoms. The fraction of sp³-hybridized carbons (Fsp3) is 0.600. The van der Waals surface area contributed by atoms with Gasteiger partial charge in [-0.1, -0.05) is 6.07 Å². The Morgan fingerprint density at radius 2 is 2.21 bits per heavy atom. The minimum atomic E-state index is -1.01. The van der Waals surface area contributed by atoms with Crippen molar-refractivity contribution in [2.45, 2.75) is 54.8 Å². The molecule has 1 aromatic rings. The second-order valence-corrected chi connectivity index (χ2v) is 7.54. The first-order chi connectivity index (χ1) is 9.10. The van der Waals surface area contributed by atoms with Crippen molar-refractivity contribution in [2.75, 3.05) is 12.3 Å². The van der Waals surface area contributed by atoms with Gasteiger partial charge in [0.1, 0.15) is 0 Å². The van der Waals surface area contributed by atoms with Crippen LogP contribution in [0.4, 0.5) is 5.69 Å². The fourth-order valence-electron chi connectivity index (χ4n) is 3.08. The second-order valence-electron chi connectivity index (χ2n) is 5.84. The van der Waals surface area contributed by atoms with Gasteiger partial charge in [0.15, 0.2) is 0 Å². The zero-order chi connectivity index (χ0) is 13.5. The molecule has 0 radical (unpaired) electrons. The molecular formula is C15H21NO2S. The first-order valence-corrected chi connectivity index (χ1v) is 8.22. The summed E-state index contributed by atoms with van der Waals surface area (Å²) in [5.74, 6) is 0. The Labute approximate surface area is 117 Å². The van der Waals surface area contributed by atoms with Crippen molar-refractivity contribution in [3.63, 3.8) is 0 Å². The van der Waals surface area contributed by atoms with Crippen LogP contribution in [0.5, 0.6) is 0 Å². The topological polar surface area (TPSA) is 52.3 Å². The number of nitrogen functional groups attached to an aromatic ring is 1. The summed E-state index contributed by atoms with van der Waals surface area (Å²) in [7, 11) is -1.01. The minimum Gasteiger partial charge on any atom is -0.398 e. The van der Waals surface area contributed by atoms with Crippen molar-refractivity contribution < 1.29 is 8.95 Å². The van der Waals surface area contributed by atoms with Gasteiger partial charge in [0.2, 0.25) is 0 Å². The quantitative estimate of drug-likeness (QED) is 0.847. The van der Waals surface area contributed by atoms with Gasteiger partial charge >= 0.3 is 0 Å². The van der Waals surface area contributed by atoms with Crippen molar-refractivity contribution in [2.24, 2.45) is 0 Å². The Morgan fingerprint density at radius 1 is 1.42 bits per heavy atom. The largest absolute Gasteiger partial charge is 0.398 e. The minimum absolute atomic E-state index is 0.0389. The number of rotatable bonds is 2. The molecule has 2 fully saturated rings. The summed E-state index contributed by atoms with van der Waals surface area (Å²) in [5.41, 5.74) is 7.79. The van der Waals surface area contributed by atoms with Crippen LogP contribution in [0.25, 0.3) is 0 Å². The lowest BCUT2D eigenvalue weighted by Crippen LogP contribution is -2.48. The molecule has 1 saturated heterocycles. The lowest BCUT2D eigenvalue weighted by Gasteiger charge is -2.46. The summed E-state index contributed by atoms with van der Waals surface area (Å²) in [6, 6.07) is 5.79. The molecule has 0 aromatic heterocycles. The molecule has 2 aliphatic rings. The maximum atomic E-state index is 12.8. The molecule has 3 nitrogen and oxygen atoms in total. The summed E-state index contributed by atoms with van der Waals surface area (Å²) in [6.07, 6.45) is 5.30. The highest BCUT2D eigenvalue weighted by Gasteiger charge is 2.44. The van der Waals surface area contributed by atoms with Gasteiger partial charge in [-0.05, 0) is 56.7 Å². The number of aryl methyl sites for hydroxylation is 1. The second kappa shape index (κ2) is 4.91. The van der Waals surface area contributed by atoms with Crippen LogP contribution in [0.15, 0.2) is 23.1 Å². The van der Waals surface area contributed by atoms with Crippen molar-refractivity contribution in [1.29, 1.82) is 0 Å². The molecule has 2 unspecified atom stereocenters. The molecule has 104 valence electrons. The molecule has 1 aliphatic carbocycles. The predicted molar refractivity (Wildman–Crippen MR) is 77.6 cm³/mol. The SMILES string of the molecule is Cc1ccc(N)c(S(=O)C2CCOC3(CCC3)C2)c1. The van der Waals surface area contributed by atoms with Crippen LogP contribution in [0.1, 0.15) is 37.7 Å². The molecule has 2 atom stereocenters. The summed E-state index contributed by atoms with van der Waals surface area (Å²) < 4.78 is 18.7. The third kappa shape index (κ3) is 2.43. The van der Waals surface area contributed by atoms with E-state index in [1.807, 2.05) is 25.1 Å². The summed E-state index contributed by atoms with van der Waals surface area (Å²) in [5, 5.41) is 0.193. The van der Waals surface area contributed by atoms with Crippen molar-refractivity contribution >= 4 is 16.5 Å². The summed E-state index contributed by atoms with van der Waals surface area (Å²) in [4.78, 5) is 0.807. The molecule has 1 saturated carbocycles. The van der Waals surface area contributed by atoms with Gasteiger partial charge < -0.3 is 10.5 Å². The number of ether oxygens (including phenoxy) is 1. The van der Waals surface area contributed by atoms with Crippen LogP contribution < -0.4 is 5.73 Å². The highest BCUT2D eigenvalue weighted by Crippen LogP contribution is 2.44. The summed E-state index contributed by atoms with van der Waals surface area (Å²) >= 11 is 0. The van der Waals surface area contributed by atoms with Crippen LogP contribution in [0.3, 0.4) is 0 Å². The average molecular weight is 279 g/mol. The van der Waals surface area contributed by atoms with E-state index < -0.39 is 10.8 Å². The smallest absolute Gasteiger partial charge is 0.0694 e. The van der Waals surface area contributed by atoms with E-state index in [-0.39, 0.29) is 10.9 Å². The highest BCUT2D eigenvalue weighted by molar-refractivity contribution is 7.85. The maximum Gasteiger partial charge on any atom is 0.0694 e. The van der Waals surface area contributed by atoms with Crippen LogP contribution in [0, 0.1) is 6.92 Å². The van der Waals surface area contributed by atoms with Crippen molar-refractivity contribution in [3.05, 3.63) is 23.8 Å². The lowest BCUT2D eigenvalue weighted by molar-refractivity contribution is -0.125. The molecule has 1 aromatic carbocycles. The average Bonchev–Trinajstić information content (AvgIpc) is 2.39. The molecule has 3 rings (SSSR count). The van der Waals surface area contributed by atoms with Gasteiger partial charge in [0.25, 0.3) is 0 Å². The van der Waals surface area contributed by atoms with E-state index in [9.17, 15) is 4.21 Å². The van der Waals surface area contributed by atoms with Gasteiger partial charge in [0, 0.05) is 17.5 Å². The van der Waals surface area contributed by atoms with E-state index in [2.05, 4.69) is 0 Å². The molecule has 0 bridgehead atoms. The maximum absolute atomic E-state index is 12.8.